The van der Waals surface area contributed by atoms with E-state index in [1.807, 2.05) is 0 Å². The largest absolute Gasteiger partial charge is 0.337 e. The van der Waals surface area contributed by atoms with E-state index >= 15 is 0 Å². The van der Waals surface area contributed by atoms with Gasteiger partial charge in [-0.15, -0.1) is 0 Å². The third kappa shape index (κ3) is 2.72. The van der Waals surface area contributed by atoms with Crippen molar-refractivity contribution in [1.82, 2.24) is 4.90 Å². The predicted molar refractivity (Wildman–Crippen MR) is 71.8 cm³/mol. The van der Waals surface area contributed by atoms with Gasteiger partial charge in [-0.2, -0.15) is 0 Å². The molecule has 1 unspecified atom stereocenters. The number of carbonyl (C=O) groups is 1. The fourth-order valence-electron chi connectivity index (χ4n) is 2.15. The van der Waals surface area contributed by atoms with Crippen LogP contribution in [0.25, 0.3) is 0 Å². The summed E-state index contributed by atoms with van der Waals surface area (Å²) in [5.74, 6) is -0.336. The first-order valence-corrected chi connectivity index (χ1v) is 6.76. The molecule has 1 fully saturated rings. The van der Waals surface area contributed by atoms with E-state index in [0.717, 1.165) is 12.8 Å². The lowest BCUT2D eigenvalue weighted by molar-refractivity contribution is 0.0714. The van der Waals surface area contributed by atoms with Crippen LogP contribution in [0.4, 0.5) is 4.39 Å². The normalized spacial score (nSPS) is 16.4. The lowest BCUT2D eigenvalue weighted by Gasteiger charge is -2.27. The minimum atomic E-state index is -0.507. The Kier molecular flexibility index (Phi) is 4.02. The number of benzene rings is 1. The molecule has 1 aromatic carbocycles. The molecule has 0 heterocycles. The first-order valence-electron chi connectivity index (χ1n) is 5.97. The predicted octanol–water partition coefficient (Wildman–Crippen LogP) is 2.40. The lowest BCUT2D eigenvalue weighted by Crippen LogP contribution is -2.43. The third-order valence-electron chi connectivity index (χ3n) is 3.39. The van der Waals surface area contributed by atoms with Crippen molar-refractivity contribution in [2.45, 2.75) is 18.9 Å². The summed E-state index contributed by atoms with van der Waals surface area (Å²) in [4.78, 5) is 13.8. The minimum absolute atomic E-state index is 0.0144. The highest BCUT2D eigenvalue weighted by Gasteiger charge is 2.35. The van der Waals surface area contributed by atoms with Crippen molar-refractivity contribution in [3.63, 3.8) is 0 Å². The van der Waals surface area contributed by atoms with Crippen molar-refractivity contribution in [3.05, 3.63) is 34.1 Å². The molecule has 98 valence electrons. The molecular formula is C13H16BrFN2O. The van der Waals surface area contributed by atoms with Gasteiger partial charge in [-0.1, -0.05) is 15.9 Å². The van der Waals surface area contributed by atoms with E-state index in [2.05, 4.69) is 15.9 Å². The van der Waals surface area contributed by atoms with Gasteiger partial charge in [-0.3, -0.25) is 4.79 Å². The quantitative estimate of drug-likeness (QED) is 0.927. The van der Waals surface area contributed by atoms with Gasteiger partial charge >= 0.3 is 0 Å². The molecule has 1 aliphatic rings. The number of hydrogen-bond acceptors (Lipinski definition) is 2. The van der Waals surface area contributed by atoms with Gasteiger partial charge in [0.15, 0.2) is 0 Å². The molecule has 5 heteroatoms. The number of halogens is 2. The number of likely N-dealkylation sites (N-methyl/N-ethyl adjacent to an activating group) is 1. The number of carbonyl (C=O) groups excluding carboxylic acids is 1. The monoisotopic (exact) mass is 314 g/mol. The smallest absolute Gasteiger partial charge is 0.256 e. The Morgan fingerprint density at radius 3 is 2.78 bits per heavy atom. The van der Waals surface area contributed by atoms with Crippen LogP contribution in [0.2, 0.25) is 0 Å². The summed E-state index contributed by atoms with van der Waals surface area (Å²) in [6, 6.07) is 4.48. The van der Waals surface area contributed by atoms with Gasteiger partial charge in [0, 0.05) is 24.1 Å². The molecule has 0 aliphatic heterocycles. The van der Waals surface area contributed by atoms with Crippen LogP contribution >= 0.6 is 15.9 Å². The van der Waals surface area contributed by atoms with E-state index < -0.39 is 5.82 Å². The van der Waals surface area contributed by atoms with Crippen LogP contribution in [0.3, 0.4) is 0 Å². The van der Waals surface area contributed by atoms with Gasteiger partial charge in [0.25, 0.3) is 5.91 Å². The Hall–Kier alpha value is -0.940. The Balaban J connectivity index is 2.19. The van der Waals surface area contributed by atoms with Gasteiger partial charge in [-0.05, 0) is 37.0 Å². The maximum absolute atomic E-state index is 13.7. The summed E-state index contributed by atoms with van der Waals surface area (Å²) in [5.41, 5.74) is 5.79. The van der Waals surface area contributed by atoms with Crippen LogP contribution in [-0.4, -0.2) is 30.4 Å². The molecule has 2 N–H and O–H groups in total. The number of rotatable bonds is 4. The standard InChI is InChI=1S/C13H16BrFN2O/c1-17(12(7-16)8-2-3-8)13(18)10-5-4-9(14)6-11(10)15/h4-6,8,12H,2-3,7,16H2,1H3. The van der Waals surface area contributed by atoms with E-state index in [9.17, 15) is 9.18 Å². The maximum Gasteiger partial charge on any atom is 0.256 e. The van der Waals surface area contributed by atoms with Crippen molar-refractivity contribution in [1.29, 1.82) is 0 Å². The maximum atomic E-state index is 13.7. The van der Waals surface area contributed by atoms with E-state index in [-0.39, 0.29) is 17.5 Å². The highest BCUT2D eigenvalue weighted by molar-refractivity contribution is 9.10. The van der Waals surface area contributed by atoms with Crippen molar-refractivity contribution >= 4 is 21.8 Å². The zero-order chi connectivity index (χ0) is 13.3. The van der Waals surface area contributed by atoms with Crippen molar-refractivity contribution < 1.29 is 9.18 Å². The van der Waals surface area contributed by atoms with E-state index in [1.54, 1.807) is 18.0 Å². The summed E-state index contributed by atoms with van der Waals surface area (Å²) >= 11 is 3.17. The lowest BCUT2D eigenvalue weighted by atomic mass is 10.1. The van der Waals surface area contributed by atoms with E-state index in [1.165, 1.54) is 12.1 Å². The number of nitrogens with two attached hydrogens (primary N) is 1. The molecule has 0 aromatic heterocycles. The van der Waals surface area contributed by atoms with Crippen molar-refractivity contribution in [3.8, 4) is 0 Å². The van der Waals surface area contributed by atoms with Gasteiger partial charge in [0.1, 0.15) is 5.82 Å². The fraction of sp³-hybridized carbons (Fsp3) is 0.462. The zero-order valence-corrected chi connectivity index (χ0v) is 11.8. The molecule has 2 rings (SSSR count). The molecule has 0 spiro atoms. The second-order valence-corrected chi connectivity index (χ2v) is 5.60. The average Bonchev–Trinajstić information content (AvgIpc) is 3.13. The molecular weight excluding hydrogens is 299 g/mol. The molecule has 1 amide bonds. The van der Waals surface area contributed by atoms with Crippen LogP contribution < -0.4 is 5.73 Å². The highest BCUT2D eigenvalue weighted by Crippen LogP contribution is 2.35. The molecule has 0 saturated heterocycles. The van der Waals surface area contributed by atoms with Crippen LogP contribution in [-0.2, 0) is 0 Å². The Bertz CT molecular complexity index is 462. The van der Waals surface area contributed by atoms with Crippen LogP contribution in [0.15, 0.2) is 22.7 Å². The average molecular weight is 315 g/mol. The highest BCUT2D eigenvalue weighted by atomic mass is 79.9. The molecule has 0 bridgehead atoms. The molecule has 1 atom stereocenters. The number of nitrogens with zero attached hydrogens (tertiary/aromatic N) is 1. The molecule has 18 heavy (non-hydrogen) atoms. The van der Waals surface area contributed by atoms with Gasteiger partial charge in [0.2, 0.25) is 0 Å². The summed E-state index contributed by atoms with van der Waals surface area (Å²) in [6.45, 7) is 0.422. The number of hydrogen-bond donors (Lipinski definition) is 1. The Morgan fingerprint density at radius 1 is 1.61 bits per heavy atom. The number of amides is 1. The van der Waals surface area contributed by atoms with E-state index in [0.29, 0.717) is 16.9 Å². The molecule has 3 nitrogen and oxygen atoms in total. The van der Waals surface area contributed by atoms with Crippen LogP contribution in [0, 0.1) is 11.7 Å². The molecule has 0 radical (unpaired) electrons. The second-order valence-electron chi connectivity index (χ2n) is 4.68. The third-order valence-corrected chi connectivity index (χ3v) is 3.88. The molecule has 1 aliphatic carbocycles. The first-order chi connectivity index (χ1) is 8.54. The fourth-order valence-corrected chi connectivity index (χ4v) is 2.48. The molecule has 1 aromatic rings. The van der Waals surface area contributed by atoms with Crippen LogP contribution in [0.1, 0.15) is 23.2 Å². The van der Waals surface area contributed by atoms with Gasteiger partial charge in [0.05, 0.1) is 5.56 Å². The second kappa shape index (κ2) is 5.36. The van der Waals surface area contributed by atoms with E-state index in [4.69, 9.17) is 5.73 Å². The SMILES string of the molecule is CN(C(=O)c1ccc(Br)cc1F)C(CN)C1CC1. The zero-order valence-electron chi connectivity index (χ0n) is 10.2. The Labute approximate surface area is 114 Å². The summed E-state index contributed by atoms with van der Waals surface area (Å²) in [5, 5.41) is 0. The van der Waals surface area contributed by atoms with Crippen molar-refractivity contribution in [2.75, 3.05) is 13.6 Å². The topological polar surface area (TPSA) is 46.3 Å². The molecule has 1 saturated carbocycles. The van der Waals surface area contributed by atoms with Crippen LogP contribution in [0.5, 0.6) is 0 Å². The minimum Gasteiger partial charge on any atom is -0.337 e. The summed E-state index contributed by atoms with van der Waals surface area (Å²) < 4.78 is 14.4. The Morgan fingerprint density at radius 2 is 2.28 bits per heavy atom. The van der Waals surface area contributed by atoms with Gasteiger partial charge in [-0.25, -0.2) is 4.39 Å². The van der Waals surface area contributed by atoms with Crippen molar-refractivity contribution in [2.24, 2.45) is 11.7 Å². The van der Waals surface area contributed by atoms with Gasteiger partial charge < -0.3 is 10.6 Å². The summed E-state index contributed by atoms with van der Waals surface area (Å²) in [6.07, 6.45) is 2.20. The summed E-state index contributed by atoms with van der Waals surface area (Å²) in [7, 11) is 1.69. The first kappa shape index (κ1) is 13.5.